The summed E-state index contributed by atoms with van der Waals surface area (Å²) < 4.78 is 0. The van der Waals surface area contributed by atoms with Gasteiger partial charge in [0.25, 0.3) is 0 Å². The predicted octanol–water partition coefficient (Wildman–Crippen LogP) is 4.18. The molecule has 0 heterocycles. The third-order valence-electron chi connectivity index (χ3n) is 3.52. The van der Waals surface area contributed by atoms with Crippen LogP contribution in [-0.2, 0) is 0 Å². The molecule has 1 nitrogen and oxygen atoms in total. The SMILES string of the molecule is CCNC(c1ccc(Cl)cc1)C1CCCC1. The zero-order chi connectivity index (χ0) is 11.4. The van der Waals surface area contributed by atoms with Crippen molar-refractivity contribution >= 4 is 11.6 Å². The fourth-order valence-electron chi connectivity index (χ4n) is 2.74. The molecule has 2 heteroatoms. The molecular formula is C14H20ClN. The molecule has 1 fully saturated rings. The van der Waals surface area contributed by atoms with Crippen LogP contribution in [0.3, 0.4) is 0 Å². The fourth-order valence-corrected chi connectivity index (χ4v) is 2.86. The molecule has 1 atom stereocenters. The molecule has 88 valence electrons. The van der Waals surface area contributed by atoms with Crippen molar-refractivity contribution < 1.29 is 0 Å². The molecule has 1 unspecified atom stereocenters. The van der Waals surface area contributed by atoms with E-state index in [0.717, 1.165) is 17.5 Å². The fraction of sp³-hybridized carbons (Fsp3) is 0.571. The first-order valence-corrected chi connectivity index (χ1v) is 6.68. The van der Waals surface area contributed by atoms with E-state index in [0.29, 0.717) is 6.04 Å². The van der Waals surface area contributed by atoms with Gasteiger partial charge in [-0.05, 0) is 43.0 Å². The lowest BCUT2D eigenvalue weighted by Gasteiger charge is -2.24. The lowest BCUT2D eigenvalue weighted by Crippen LogP contribution is -2.26. The minimum atomic E-state index is 0.518. The van der Waals surface area contributed by atoms with Crippen LogP contribution in [0.5, 0.6) is 0 Å². The number of benzene rings is 1. The molecule has 16 heavy (non-hydrogen) atoms. The van der Waals surface area contributed by atoms with E-state index in [9.17, 15) is 0 Å². The summed E-state index contributed by atoms with van der Waals surface area (Å²) in [5, 5.41) is 4.44. The van der Waals surface area contributed by atoms with Crippen LogP contribution in [0.1, 0.15) is 44.2 Å². The summed E-state index contributed by atoms with van der Waals surface area (Å²) in [6, 6.07) is 8.83. The van der Waals surface area contributed by atoms with Gasteiger partial charge in [0, 0.05) is 11.1 Å². The first-order valence-electron chi connectivity index (χ1n) is 6.30. The second-order valence-electron chi connectivity index (χ2n) is 4.63. The molecule has 1 N–H and O–H groups in total. The van der Waals surface area contributed by atoms with Crippen LogP contribution in [0.25, 0.3) is 0 Å². The molecular weight excluding hydrogens is 218 g/mol. The summed E-state index contributed by atoms with van der Waals surface area (Å²) in [7, 11) is 0. The molecule has 1 aromatic carbocycles. The van der Waals surface area contributed by atoms with Gasteiger partial charge in [0.15, 0.2) is 0 Å². The van der Waals surface area contributed by atoms with Crippen LogP contribution in [0.2, 0.25) is 5.02 Å². The van der Waals surface area contributed by atoms with Crippen molar-refractivity contribution in [3.8, 4) is 0 Å². The van der Waals surface area contributed by atoms with Crippen molar-refractivity contribution in [2.75, 3.05) is 6.54 Å². The minimum Gasteiger partial charge on any atom is -0.310 e. The van der Waals surface area contributed by atoms with Gasteiger partial charge in [-0.25, -0.2) is 0 Å². The maximum absolute atomic E-state index is 5.93. The average molecular weight is 238 g/mol. The lowest BCUT2D eigenvalue weighted by molar-refractivity contribution is 0.374. The number of nitrogens with one attached hydrogen (secondary N) is 1. The van der Waals surface area contributed by atoms with Gasteiger partial charge in [-0.15, -0.1) is 0 Å². The molecule has 0 bridgehead atoms. The molecule has 0 amide bonds. The van der Waals surface area contributed by atoms with Crippen molar-refractivity contribution in [1.82, 2.24) is 5.32 Å². The first-order chi connectivity index (χ1) is 7.81. The second-order valence-corrected chi connectivity index (χ2v) is 5.07. The van der Waals surface area contributed by atoms with Crippen molar-refractivity contribution in [2.24, 2.45) is 5.92 Å². The highest BCUT2D eigenvalue weighted by Gasteiger charge is 2.25. The van der Waals surface area contributed by atoms with Gasteiger partial charge in [0.2, 0.25) is 0 Å². The standard InChI is InChI=1S/C14H20ClN/c1-2-16-14(11-5-3-4-6-11)12-7-9-13(15)10-8-12/h7-11,14,16H,2-6H2,1H3. The molecule has 0 saturated heterocycles. The van der Waals surface area contributed by atoms with Gasteiger partial charge in [0.05, 0.1) is 0 Å². The quantitative estimate of drug-likeness (QED) is 0.829. The van der Waals surface area contributed by atoms with Crippen LogP contribution in [0, 0.1) is 5.92 Å². The van der Waals surface area contributed by atoms with Crippen molar-refractivity contribution in [3.63, 3.8) is 0 Å². The van der Waals surface area contributed by atoms with Gasteiger partial charge in [-0.1, -0.05) is 43.5 Å². The zero-order valence-electron chi connectivity index (χ0n) is 9.88. The third kappa shape index (κ3) is 2.78. The number of hydrogen-bond donors (Lipinski definition) is 1. The minimum absolute atomic E-state index is 0.518. The normalized spacial score (nSPS) is 18.9. The van der Waals surface area contributed by atoms with E-state index in [1.54, 1.807) is 0 Å². The van der Waals surface area contributed by atoms with Gasteiger partial charge in [-0.3, -0.25) is 0 Å². The Labute approximate surface area is 103 Å². The van der Waals surface area contributed by atoms with E-state index in [2.05, 4.69) is 24.4 Å². The largest absolute Gasteiger partial charge is 0.310 e. The monoisotopic (exact) mass is 237 g/mol. The third-order valence-corrected chi connectivity index (χ3v) is 3.78. The topological polar surface area (TPSA) is 12.0 Å². The molecule has 1 aliphatic rings. The maximum atomic E-state index is 5.93. The number of hydrogen-bond acceptors (Lipinski definition) is 1. The summed E-state index contributed by atoms with van der Waals surface area (Å²) in [6.45, 7) is 3.21. The Morgan fingerprint density at radius 2 is 1.88 bits per heavy atom. The van der Waals surface area contributed by atoms with Gasteiger partial charge < -0.3 is 5.32 Å². The van der Waals surface area contributed by atoms with Gasteiger partial charge in [-0.2, -0.15) is 0 Å². The van der Waals surface area contributed by atoms with Crippen LogP contribution in [0.4, 0.5) is 0 Å². The molecule has 0 spiro atoms. The Morgan fingerprint density at radius 1 is 1.25 bits per heavy atom. The first kappa shape index (κ1) is 11.9. The Bertz CT molecular complexity index is 314. The lowest BCUT2D eigenvalue weighted by atomic mass is 9.91. The van der Waals surface area contributed by atoms with Crippen molar-refractivity contribution in [3.05, 3.63) is 34.9 Å². The highest BCUT2D eigenvalue weighted by molar-refractivity contribution is 6.30. The van der Waals surface area contributed by atoms with E-state index in [4.69, 9.17) is 11.6 Å². The summed E-state index contributed by atoms with van der Waals surface area (Å²) in [6.07, 6.45) is 5.50. The van der Waals surface area contributed by atoms with E-state index in [-0.39, 0.29) is 0 Å². The average Bonchev–Trinajstić information content (AvgIpc) is 2.81. The molecule has 1 saturated carbocycles. The van der Waals surface area contributed by atoms with E-state index >= 15 is 0 Å². The van der Waals surface area contributed by atoms with Crippen molar-refractivity contribution in [2.45, 2.75) is 38.6 Å². The van der Waals surface area contributed by atoms with E-state index in [1.165, 1.54) is 31.2 Å². The Morgan fingerprint density at radius 3 is 2.44 bits per heavy atom. The van der Waals surface area contributed by atoms with Crippen LogP contribution in [0.15, 0.2) is 24.3 Å². The summed E-state index contributed by atoms with van der Waals surface area (Å²) in [5.74, 6) is 0.807. The second kappa shape index (κ2) is 5.70. The Balaban J connectivity index is 2.14. The highest BCUT2D eigenvalue weighted by Crippen LogP contribution is 2.35. The summed E-state index contributed by atoms with van der Waals surface area (Å²) in [4.78, 5) is 0. The van der Waals surface area contributed by atoms with Gasteiger partial charge in [0.1, 0.15) is 0 Å². The van der Waals surface area contributed by atoms with Crippen LogP contribution in [-0.4, -0.2) is 6.54 Å². The molecule has 0 aliphatic heterocycles. The van der Waals surface area contributed by atoms with Gasteiger partial charge >= 0.3 is 0 Å². The zero-order valence-corrected chi connectivity index (χ0v) is 10.6. The molecule has 0 aromatic heterocycles. The maximum Gasteiger partial charge on any atom is 0.0406 e. The molecule has 1 aliphatic carbocycles. The Kier molecular flexibility index (Phi) is 4.25. The highest BCUT2D eigenvalue weighted by atomic mass is 35.5. The summed E-state index contributed by atoms with van der Waals surface area (Å²) in [5.41, 5.74) is 1.39. The van der Waals surface area contributed by atoms with Crippen LogP contribution < -0.4 is 5.32 Å². The predicted molar refractivity (Wildman–Crippen MR) is 69.8 cm³/mol. The van der Waals surface area contributed by atoms with Crippen LogP contribution >= 0.6 is 11.6 Å². The molecule has 2 rings (SSSR count). The molecule has 0 radical (unpaired) electrons. The summed E-state index contributed by atoms with van der Waals surface area (Å²) >= 11 is 5.93. The van der Waals surface area contributed by atoms with E-state index < -0.39 is 0 Å². The van der Waals surface area contributed by atoms with E-state index in [1.807, 2.05) is 12.1 Å². The number of rotatable bonds is 4. The Hall–Kier alpha value is -0.530. The number of halogens is 1. The smallest absolute Gasteiger partial charge is 0.0406 e. The van der Waals surface area contributed by atoms with Crippen molar-refractivity contribution in [1.29, 1.82) is 0 Å². The molecule has 1 aromatic rings.